The molecule has 0 saturated carbocycles. The number of aromatic nitrogens is 3. The van der Waals surface area contributed by atoms with Gasteiger partial charge < -0.3 is 35.3 Å². The second-order valence-corrected chi connectivity index (χ2v) is 6.94. The molecular weight excluding hydrogens is 400 g/mol. The first kappa shape index (κ1) is 24.6. The summed E-state index contributed by atoms with van der Waals surface area (Å²) in [6.07, 6.45) is 0. The summed E-state index contributed by atoms with van der Waals surface area (Å²) >= 11 is 0. The van der Waals surface area contributed by atoms with Crippen LogP contribution in [0.25, 0.3) is 0 Å². The van der Waals surface area contributed by atoms with Gasteiger partial charge in [-0.2, -0.15) is 15.0 Å². The Morgan fingerprint density at radius 1 is 0.903 bits per heavy atom. The van der Waals surface area contributed by atoms with Gasteiger partial charge in [0.1, 0.15) is 5.82 Å². The van der Waals surface area contributed by atoms with Gasteiger partial charge in [-0.3, -0.25) is 0 Å². The van der Waals surface area contributed by atoms with E-state index >= 15 is 0 Å². The lowest BCUT2D eigenvalue weighted by Gasteiger charge is -2.14. The topological polar surface area (TPSA) is 126 Å². The number of rotatable bonds is 15. The Labute approximate surface area is 183 Å². The van der Waals surface area contributed by atoms with E-state index in [1.807, 2.05) is 32.0 Å². The van der Waals surface area contributed by atoms with Crippen molar-refractivity contribution in [2.75, 3.05) is 64.4 Å². The molecule has 1 aromatic carbocycles. The summed E-state index contributed by atoms with van der Waals surface area (Å²) in [4.78, 5) is 13.5. The van der Waals surface area contributed by atoms with Crippen molar-refractivity contribution in [1.29, 1.82) is 0 Å². The normalized spacial score (nSPS) is 10.9. The van der Waals surface area contributed by atoms with Gasteiger partial charge in [0, 0.05) is 31.1 Å². The Bertz CT molecular complexity index is 790. The molecule has 0 fully saturated rings. The second-order valence-electron chi connectivity index (χ2n) is 6.94. The molecule has 0 bridgehead atoms. The van der Waals surface area contributed by atoms with Crippen LogP contribution in [0.2, 0.25) is 0 Å². The van der Waals surface area contributed by atoms with Gasteiger partial charge in [-0.1, -0.05) is 26.0 Å². The van der Waals surface area contributed by atoms with E-state index in [-0.39, 0.29) is 5.92 Å². The molecule has 0 radical (unpaired) electrons. The standard InChI is InChI=1S/C21H34N6O4/c1-15(2)19-25-20(23-9-11-31-13-12-30-10-8-22)27-21(26-19)24-14-16-6-5-7-17(28-3)18(16)29-4/h5-7,15H,8-14,22H2,1-4H3,(H2,23,24,25,26,27). The van der Waals surface area contributed by atoms with Gasteiger partial charge in [0.2, 0.25) is 11.9 Å². The molecule has 172 valence electrons. The summed E-state index contributed by atoms with van der Waals surface area (Å²) < 4.78 is 21.6. The Balaban J connectivity index is 1.96. The summed E-state index contributed by atoms with van der Waals surface area (Å²) in [7, 11) is 3.24. The van der Waals surface area contributed by atoms with Crippen LogP contribution in [0, 0.1) is 0 Å². The third-order valence-corrected chi connectivity index (χ3v) is 4.25. The van der Waals surface area contributed by atoms with Crippen LogP contribution in [0.15, 0.2) is 18.2 Å². The van der Waals surface area contributed by atoms with Crippen LogP contribution >= 0.6 is 0 Å². The average Bonchev–Trinajstić information content (AvgIpc) is 2.78. The minimum atomic E-state index is 0.159. The number of anilines is 2. The van der Waals surface area contributed by atoms with Crippen LogP contribution in [-0.4, -0.2) is 68.7 Å². The van der Waals surface area contributed by atoms with Crippen molar-refractivity contribution in [3.05, 3.63) is 29.6 Å². The first-order chi connectivity index (χ1) is 15.1. The summed E-state index contributed by atoms with van der Waals surface area (Å²) in [5.74, 6) is 3.21. The van der Waals surface area contributed by atoms with E-state index in [9.17, 15) is 0 Å². The van der Waals surface area contributed by atoms with Crippen molar-refractivity contribution in [3.8, 4) is 11.5 Å². The number of nitrogens with two attached hydrogens (primary N) is 1. The highest BCUT2D eigenvalue weighted by atomic mass is 16.5. The molecule has 31 heavy (non-hydrogen) atoms. The van der Waals surface area contributed by atoms with Crippen LogP contribution in [0.5, 0.6) is 11.5 Å². The van der Waals surface area contributed by atoms with Crippen molar-refractivity contribution in [2.45, 2.75) is 26.3 Å². The van der Waals surface area contributed by atoms with E-state index in [1.54, 1.807) is 14.2 Å². The molecule has 10 heteroatoms. The number of nitrogens with one attached hydrogen (secondary N) is 2. The van der Waals surface area contributed by atoms with Crippen LogP contribution < -0.4 is 25.8 Å². The maximum absolute atomic E-state index is 5.52. The molecule has 1 aromatic heterocycles. The van der Waals surface area contributed by atoms with Crippen molar-refractivity contribution < 1.29 is 18.9 Å². The highest BCUT2D eigenvalue weighted by Crippen LogP contribution is 2.31. The van der Waals surface area contributed by atoms with Crippen LogP contribution in [-0.2, 0) is 16.0 Å². The maximum Gasteiger partial charge on any atom is 0.228 e. The summed E-state index contributed by atoms with van der Waals surface area (Å²) in [5, 5.41) is 6.45. The molecule has 0 unspecified atom stereocenters. The molecule has 0 amide bonds. The largest absolute Gasteiger partial charge is 0.493 e. The number of ether oxygens (including phenoxy) is 4. The number of hydrogen-bond donors (Lipinski definition) is 3. The molecule has 1 heterocycles. The zero-order valence-corrected chi connectivity index (χ0v) is 18.8. The molecule has 2 rings (SSSR count). The van der Waals surface area contributed by atoms with Crippen LogP contribution in [0.4, 0.5) is 11.9 Å². The van der Waals surface area contributed by atoms with Crippen molar-refractivity contribution in [1.82, 2.24) is 15.0 Å². The van der Waals surface area contributed by atoms with Gasteiger partial charge in [0.05, 0.1) is 40.6 Å². The maximum atomic E-state index is 5.52. The van der Waals surface area contributed by atoms with Crippen LogP contribution in [0.1, 0.15) is 31.2 Å². The smallest absolute Gasteiger partial charge is 0.228 e. The second kappa shape index (κ2) is 13.6. The first-order valence-corrected chi connectivity index (χ1v) is 10.4. The van der Waals surface area contributed by atoms with Crippen molar-refractivity contribution >= 4 is 11.9 Å². The highest BCUT2D eigenvalue weighted by molar-refractivity contribution is 5.48. The Morgan fingerprint density at radius 3 is 2.26 bits per heavy atom. The molecule has 0 aliphatic carbocycles. The molecule has 10 nitrogen and oxygen atoms in total. The van der Waals surface area contributed by atoms with E-state index in [1.165, 1.54) is 0 Å². The molecule has 0 aliphatic heterocycles. The van der Waals surface area contributed by atoms with E-state index in [2.05, 4.69) is 25.6 Å². The fourth-order valence-electron chi connectivity index (χ4n) is 2.72. The minimum Gasteiger partial charge on any atom is -0.493 e. The minimum absolute atomic E-state index is 0.159. The number of methoxy groups -OCH3 is 2. The molecule has 2 aromatic rings. The third-order valence-electron chi connectivity index (χ3n) is 4.25. The van der Waals surface area contributed by atoms with Crippen molar-refractivity contribution in [2.24, 2.45) is 5.73 Å². The first-order valence-electron chi connectivity index (χ1n) is 10.4. The monoisotopic (exact) mass is 434 g/mol. The summed E-state index contributed by atoms with van der Waals surface area (Å²) in [6, 6.07) is 5.74. The highest BCUT2D eigenvalue weighted by Gasteiger charge is 2.12. The lowest BCUT2D eigenvalue weighted by atomic mass is 10.2. The van der Waals surface area contributed by atoms with Crippen LogP contribution in [0.3, 0.4) is 0 Å². The number of benzene rings is 1. The fourth-order valence-corrected chi connectivity index (χ4v) is 2.72. The lowest BCUT2D eigenvalue weighted by molar-refractivity contribution is 0.0547. The molecule has 0 atom stereocenters. The Morgan fingerprint density at radius 2 is 1.61 bits per heavy atom. The SMILES string of the molecule is COc1cccc(CNc2nc(NCCOCCOCCN)nc(C(C)C)n2)c1OC. The van der Waals surface area contributed by atoms with Gasteiger partial charge in [-0.25, -0.2) is 0 Å². The Kier molecular flexibility index (Phi) is 10.8. The van der Waals surface area contributed by atoms with Gasteiger partial charge >= 0.3 is 0 Å². The predicted molar refractivity (Wildman–Crippen MR) is 120 cm³/mol. The van der Waals surface area contributed by atoms with Gasteiger partial charge in [-0.05, 0) is 6.07 Å². The zero-order valence-electron chi connectivity index (χ0n) is 18.8. The molecule has 0 aliphatic rings. The number of nitrogens with zero attached hydrogens (tertiary/aromatic N) is 3. The van der Waals surface area contributed by atoms with E-state index in [4.69, 9.17) is 24.7 Å². The van der Waals surface area contributed by atoms with Gasteiger partial charge in [-0.15, -0.1) is 0 Å². The zero-order chi connectivity index (χ0) is 22.5. The molecule has 0 saturated heterocycles. The summed E-state index contributed by atoms with van der Waals surface area (Å²) in [5.41, 5.74) is 6.31. The number of para-hydroxylation sites is 1. The Hall–Kier alpha value is -2.69. The number of hydrogen-bond acceptors (Lipinski definition) is 10. The van der Waals surface area contributed by atoms with Gasteiger partial charge in [0.25, 0.3) is 0 Å². The average molecular weight is 435 g/mol. The molecular formula is C21H34N6O4. The lowest BCUT2D eigenvalue weighted by Crippen LogP contribution is -2.17. The fraction of sp³-hybridized carbons (Fsp3) is 0.571. The van der Waals surface area contributed by atoms with Crippen molar-refractivity contribution in [3.63, 3.8) is 0 Å². The summed E-state index contributed by atoms with van der Waals surface area (Å²) in [6.45, 7) is 7.75. The predicted octanol–water partition coefficient (Wildman–Crippen LogP) is 2.03. The van der Waals surface area contributed by atoms with E-state index < -0.39 is 0 Å². The van der Waals surface area contributed by atoms with E-state index in [0.29, 0.717) is 75.3 Å². The van der Waals surface area contributed by atoms with E-state index in [0.717, 1.165) is 5.56 Å². The quantitative estimate of drug-likeness (QED) is 0.358. The molecule has 4 N–H and O–H groups in total. The molecule has 0 spiro atoms. The van der Waals surface area contributed by atoms with Gasteiger partial charge in [0.15, 0.2) is 11.5 Å². The third kappa shape index (κ3) is 8.16.